The fourth-order valence-corrected chi connectivity index (χ4v) is 4.65. The Kier molecular flexibility index (Phi) is 3.89. The topological polar surface area (TPSA) is 63.6 Å². The van der Waals surface area contributed by atoms with Gasteiger partial charge in [0.05, 0.1) is 24.1 Å². The maximum Gasteiger partial charge on any atom is 0.268 e. The fraction of sp³-hybridized carbons (Fsp3) is 0.250. The van der Waals surface area contributed by atoms with Crippen LogP contribution >= 0.6 is 11.3 Å². The van der Waals surface area contributed by atoms with E-state index in [2.05, 4.69) is 19.5 Å². The number of aryl methyl sites for hydroxylation is 1. The molecule has 3 heterocycles. The first-order valence-corrected chi connectivity index (χ1v) is 9.80. The zero-order valence-electron chi connectivity index (χ0n) is 14.5. The molecule has 1 N–H and O–H groups in total. The third-order valence-corrected chi connectivity index (χ3v) is 6.16. The number of rotatable bonds is 3. The van der Waals surface area contributed by atoms with Gasteiger partial charge in [0.2, 0.25) is 0 Å². The van der Waals surface area contributed by atoms with E-state index in [1.807, 2.05) is 12.4 Å². The molecule has 1 aliphatic rings. The maximum atomic E-state index is 13.2. The van der Waals surface area contributed by atoms with Gasteiger partial charge in [-0.1, -0.05) is 12.1 Å². The number of imidazole rings is 1. The normalized spacial score (nSPS) is 13.8. The molecule has 27 heavy (non-hydrogen) atoms. The SMILES string of the molecule is O=c1[nH]c(Cn2cnc3c2CCCC3)nc2cc(-c3ccc(F)cc3)sc12. The Morgan fingerprint density at radius 3 is 2.85 bits per heavy atom. The van der Waals surface area contributed by atoms with E-state index in [9.17, 15) is 9.18 Å². The monoisotopic (exact) mass is 380 g/mol. The van der Waals surface area contributed by atoms with Gasteiger partial charge in [-0.05, 0) is 49.4 Å². The van der Waals surface area contributed by atoms with E-state index >= 15 is 0 Å². The number of aromatic nitrogens is 4. The number of hydrogen-bond donors (Lipinski definition) is 1. The van der Waals surface area contributed by atoms with Crippen LogP contribution in [0.5, 0.6) is 0 Å². The average Bonchev–Trinajstić information content (AvgIpc) is 3.28. The Morgan fingerprint density at radius 1 is 1.19 bits per heavy atom. The Hall–Kier alpha value is -2.80. The second kappa shape index (κ2) is 6.42. The van der Waals surface area contributed by atoms with Gasteiger partial charge in [-0.15, -0.1) is 11.3 Å². The molecule has 0 unspecified atom stereocenters. The Balaban J connectivity index is 1.52. The molecule has 5 rings (SSSR count). The highest BCUT2D eigenvalue weighted by atomic mass is 32.1. The van der Waals surface area contributed by atoms with Crippen molar-refractivity contribution in [3.63, 3.8) is 0 Å². The van der Waals surface area contributed by atoms with Crippen LogP contribution < -0.4 is 5.56 Å². The number of nitrogens with one attached hydrogen (secondary N) is 1. The molecule has 0 fully saturated rings. The lowest BCUT2D eigenvalue weighted by Gasteiger charge is -2.13. The van der Waals surface area contributed by atoms with E-state index in [-0.39, 0.29) is 11.4 Å². The molecule has 7 heteroatoms. The van der Waals surface area contributed by atoms with Crippen molar-refractivity contribution in [2.75, 3.05) is 0 Å². The van der Waals surface area contributed by atoms with Gasteiger partial charge in [0.25, 0.3) is 5.56 Å². The van der Waals surface area contributed by atoms with E-state index < -0.39 is 0 Å². The predicted octanol–water partition coefficient (Wildman–Crippen LogP) is 3.91. The number of nitrogens with zero attached hydrogens (tertiary/aromatic N) is 3. The Morgan fingerprint density at radius 2 is 2.00 bits per heavy atom. The van der Waals surface area contributed by atoms with Crippen molar-refractivity contribution in [3.8, 4) is 10.4 Å². The van der Waals surface area contributed by atoms with Crippen molar-refractivity contribution in [1.82, 2.24) is 19.5 Å². The van der Waals surface area contributed by atoms with E-state index in [1.165, 1.54) is 47.7 Å². The summed E-state index contributed by atoms with van der Waals surface area (Å²) in [7, 11) is 0. The second-order valence-corrected chi connectivity index (χ2v) is 7.87. The smallest absolute Gasteiger partial charge is 0.268 e. The summed E-state index contributed by atoms with van der Waals surface area (Å²) in [6, 6.07) is 8.17. The molecule has 0 spiro atoms. The minimum Gasteiger partial charge on any atom is -0.327 e. The third kappa shape index (κ3) is 2.98. The first kappa shape index (κ1) is 16.4. The summed E-state index contributed by atoms with van der Waals surface area (Å²) < 4.78 is 15.8. The summed E-state index contributed by atoms with van der Waals surface area (Å²) in [5.74, 6) is 0.350. The number of thiophene rings is 1. The zero-order chi connectivity index (χ0) is 18.4. The van der Waals surface area contributed by atoms with Crippen molar-refractivity contribution in [3.05, 3.63) is 70.0 Å². The summed E-state index contributed by atoms with van der Waals surface area (Å²) in [4.78, 5) is 25.5. The quantitative estimate of drug-likeness (QED) is 0.586. The molecule has 136 valence electrons. The molecule has 0 atom stereocenters. The third-order valence-electron chi connectivity index (χ3n) is 4.99. The van der Waals surface area contributed by atoms with Crippen molar-refractivity contribution in [2.45, 2.75) is 32.2 Å². The number of H-pyrrole nitrogens is 1. The van der Waals surface area contributed by atoms with Crippen LogP contribution in [0.15, 0.2) is 41.5 Å². The molecule has 5 nitrogen and oxygen atoms in total. The lowest BCUT2D eigenvalue weighted by molar-refractivity contribution is 0.620. The molecule has 0 amide bonds. The molecule has 1 aliphatic carbocycles. The van der Waals surface area contributed by atoms with Crippen LogP contribution in [0.3, 0.4) is 0 Å². The number of hydrogen-bond acceptors (Lipinski definition) is 4. The molecule has 0 aliphatic heterocycles. The molecule has 4 aromatic rings. The number of halogens is 1. The Bertz CT molecular complexity index is 1190. The molecule has 0 bridgehead atoms. The van der Waals surface area contributed by atoms with E-state index in [0.717, 1.165) is 23.3 Å². The van der Waals surface area contributed by atoms with E-state index in [4.69, 9.17) is 0 Å². The highest BCUT2D eigenvalue weighted by Gasteiger charge is 2.16. The lowest BCUT2D eigenvalue weighted by Crippen LogP contribution is -2.15. The van der Waals surface area contributed by atoms with Crippen LogP contribution in [-0.2, 0) is 19.4 Å². The number of aromatic amines is 1. The highest BCUT2D eigenvalue weighted by Crippen LogP contribution is 2.31. The molecular weight excluding hydrogens is 363 g/mol. The van der Waals surface area contributed by atoms with Gasteiger partial charge in [0, 0.05) is 10.6 Å². The summed E-state index contributed by atoms with van der Waals surface area (Å²) in [6.45, 7) is 0.509. The van der Waals surface area contributed by atoms with Gasteiger partial charge in [-0.2, -0.15) is 0 Å². The highest BCUT2D eigenvalue weighted by molar-refractivity contribution is 7.22. The molecule has 1 aromatic carbocycles. The lowest BCUT2D eigenvalue weighted by atomic mass is 10.0. The van der Waals surface area contributed by atoms with Crippen LogP contribution in [0.2, 0.25) is 0 Å². The largest absolute Gasteiger partial charge is 0.327 e. The van der Waals surface area contributed by atoms with Crippen molar-refractivity contribution < 1.29 is 4.39 Å². The summed E-state index contributed by atoms with van der Waals surface area (Å²) in [5, 5.41) is 0. The Labute approximate surface area is 158 Å². The number of fused-ring (bicyclic) bond motifs is 2. The van der Waals surface area contributed by atoms with Crippen molar-refractivity contribution in [1.29, 1.82) is 0 Å². The zero-order valence-corrected chi connectivity index (χ0v) is 15.4. The van der Waals surface area contributed by atoms with Crippen LogP contribution in [0.25, 0.3) is 20.7 Å². The molecule has 0 radical (unpaired) electrons. The minimum atomic E-state index is -0.276. The second-order valence-electron chi connectivity index (χ2n) is 6.82. The average molecular weight is 380 g/mol. The van der Waals surface area contributed by atoms with Gasteiger partial charge >= 0.3 is 0 Å². The minimum absolute atomic E-state index is 0.137. The first-order valence-electron chi connectivity index (χ1n) is 8.99. The molecule has 3 aromatic heterocycles. The van der Waals surface area contributed by atoms with Gasteiger partial charge in [-0.25, -0.2) is 14.4 Å². The number of benzene rings is 1. The van der Waals surface area contributed by atoms with Crippen LogP contribution in [0, 0.1) is 5.82 Å². The molecule has 0 saturated heterocycles. The first-order chi connectivity index (χ1) is 13.2. The fourth-order valence-electron chi connectivity index (χ4n) is 3.65. The van der Waals surface area contributed by atoms with E-state index in [0.29, 0.717) is 22.6 Å². The van der Waals surface area contributed by atoms with Gasteiger partial charge < -0.3 is 9.55 Å². The van der Waals surface area contributed by atoms with Crippen LogP contribution in [0.1, 0.15) is 30.1 Å². The van der Waals surface area contributed by atoms with Crippen LogP contribution in [0.4, 0.5) is 4.39 Å². The maximum absolute atomic E-state index is 13.2. The van der Waals surface area contributed by atoms with Crippen molar-refractivity contribution in [2.24, 2.45) is 0 Å². The molecule has 0 saturated carbocycles. The summed E-state index contributed by atoms with van der Waals surface area (Å²) >= 11 is 1.37. The summed E-state index contributed by atoms with van der Waals surface area (Å²) in [6.07, 6.45) is 6.25. The standard InChI is InChI=1S/C20H17FN4OS/c21-13-7-5-12(6-8-13)17-9-15-19(27-17)20(26)24-18(23-15)10-25-11-22-14-3-1-2-4-16(14)25/h5-9,11H,1-4,10H2,(H,23,24,26). The van der Waals surface area contributed by atoms with Gasteiger partial charge in [0.1, 0.15) is 16.3 Å². The van der Waals surface area contributed by atoms with Crippen LogP contribution in [-0.4, -0.2) is 19.5 Å². The van der Waals surface area contributed by atoms with Gasteiger partial charge in [0.15, 0.2) is 0 Å². The predicted molar refractivity (Wildman–Crippen MR) is 104 cm³/mol. The summed E-state index contributed by atoms with van der Waals surface area (Å²) in [5.41, 5.74) is 3.83. The van der Waals surface area contributed by atoms with Crippen molar-refractivity contribution >= 4 is 21.6 Å². The van der Waals surface area contributed by atoms with Gasteiger partial charge in [-0.3, -0.25) is 4.79 Å². The van der Waals surface area contributed by atoms with E-state index in [1.54, 1.807) is 12.1 Å². The molecular formula is C20H17FN4OS.